The number of phenols is 1. The van der Waals surface area contributed by atoms with Crippen molar-refractivity contribution in [2.45, 2.75) is 25.8 Å². The molecule has 5 nitrogen and oxygen atoms in total. The molecule has 0 saturated carbocycles. The predicted octanol–water partition coefficient (Wildman–Crippen LogP) is 5.64. The molecule has 9 heteroatoms. The summed E-state index contributed by atoms with van der Waals surface area (Å²) in [6, 6.07) is 13.8. The van der Waals surface area contributed by atoms with Crippen LogP contribution < -0.4 is 4.74 Å². The molecule has 0 saturated heterocycles. The Balaban J connectivity index is 2.26. The first kappa shape index (κ1) is 22.9. The summed E-state index contributed by atoms with van der Waals surface area (Å²) in [4.78, 5) is 0. The summed E-state index contributed by atoms with van der Waals surface area (Å²) in [5, 5.41) is 17.0. The molecule has 0 bridgehead atoms. The Bertz CT molecular complexity index is 949. The van der Waals surface area contributed by atoms with Crippen LogP contribution in [0.15, 0.2) is 56.4 Å². The Kier molecular flexibility index (Phi) is 9.18. The van der Waals surface area contributed by atoms with Crippen molar-refractivity contribution < 1.29 is 9.84 Å². The summed E-state index contributed by atoms with van der Waals surface area (Å²) >= 11 is 14.2. The van der Waals surface area contributed by atoms with Gasteiger partial charge in [-0.15, -0.1) is 0 Å². The maximum absolute atomic E-state index is 9.97. The van der Waals surface area contributed by atoms with Gasteiger partial charge >= 0.3 is 8.56 Å². The van der Waals surface area contributed by atoms with E-state index in [1.807, 2.05) is 37.3 Å². The highest BCUT2D eigenvalue weighted by Gasteiger charge is 2.33. The van der Waals surface area contributed by atoms with Gasteiger partial charge in [-0.25, -0.2) is 14.0 Å². The Morgan fingerprint density at radius 2 is 1.59 bits per heavy atom. The minimum absolute atomic E-state index is 0.212. The summed E-state index contributed by atoms with van der Waals surface area (Å²) in [5.74, 6) is 1.03. The number of isothiocyanates is 3. The van der Waals surface area contributed by atoms with Crippen LogP contribution in [0.1, 0.15) is 18.9 Å². The van der Waals surface area contributed by atoms with Crippen LogP contribution in [0.4, 0.5) is 0 Å². The molecule has 0 amide bonds. The van der Waals surface area contributed by atoms with Gasteiger partial charge in [0.2, 0.25) is 0 Å². The van der Waals surface area contributed by atoms with Gasteiger partial charge < -0.3 is 9.84 Å². The first-order valence-electron chi connectivity index (χ1n) is 8.89. The molecule has 0 aliphatic rings. The number of aryl methyl sites for hydroxylation is 1. The van der Waals surface area contributed by atoms with Crippen LogP contribution in [0.2, 0.25) is 6.04 Å². The maximum Gasteiger partial charge on any atom is 0.461 e. The summed E-state index contributed by atoms with van der Waals surface area (Å²) in [6.07, 6.45) is 1.37. The van der Waals surface area contributed by atoms with Crippen LogP contribution in [-0.2, 0) is 6.42 Å². The highest BCUT2D eigenvalue weighted by molar-refractivity contribution is 7.78. The molecule has 2 aromatic rings. The number of phenolic OH excluding ortho intramolecular Hbond substituents is 1. The van der Waals surface area contributed by atoms with Gasteiger partial charge in [0.25, 0.3) is 0 Å². The van der Waals surface area contributed by atoms with Gasteiger partial charge in [-0.1, -0.05) is 18.2 Å². The number of aromatic hydroxyl groups is 1. The minimum Gasteiger partial charge on any atom is -0.508 e. The van der Waals surface area contributed by atoms with Crippen LogP contribution in [0, 0.1) is 0 Å². The molecule has 29 heavy (non-hydrogen) atoms. The SMILES string of the molecule is CCOc1ccc(-c2ccc(O)cc2CCC[Si](N=C=S)(N=C=S)N=C=S)cc1. The van der Waals surface area contributed by atoms with Gasteiger partial charge in [0.15, 0.2) is 0 Å². The normalized spacial score (nSPS) is 11.9. The molecule has 0 radical (unpaired) electrons. The minimum atomic E-state index is -2.93. The zero-order valence-corrected chi connectivity index (χ0v) is 19.2. The van der Waals surface area contributed by atoms with Gasteiger partial charge in [0.1, 0.15) is 11.5 Å². The van der Waals surface area contributed by atoms with E-state index in [-0.39, 0.29) is 5.75 Å². The summed E-state index contributed by atoms with van der Waals surface area (Å²) in [5.41, 5.74) is 3.08. The first-order valence-corrected chi connectivity index (χ1v) is 12.2. The first-order chi connectivity index (χ1) is 14.1. The zero-order chi connectivity index (χ0) is 21.1. The third kappa shape index (κ3) is 6.60. The maximum atomic E-state index is 9.97. The molecule has 2 rings (SSSR count). The fraction of sp³-hybridized carbons (Fsp3) is 0.250. The van der Waals surface area contributed by atoms with E-state index in [4.69, 9.17) is 41.4 Å². The van der Waals surface area contributed by atoms with Crippen molar-refractivity contribution in [2.75, 3.05) is 6.61 Å². The molecule has 1 N–H and O–H groups in total. The van der Waals surface area contributed by atoms with E-state index < -0.39 is 8.56 Å². The van der Waals surface area contributed by atoms with Crippen molar-refractivity contribution in [1.29, 1.82) is 0 Å². The highest BCUT2D eigenvalue weighted by atomic mass is 32.1. The van der Waals surface area contributed by atoms with E-state index >= 15 is 0 Å². The molecule has 2 aromatic carbocycles. The Morgan fingerprint density at radius 3 is 2.14 bits per heavy atom. The van der Waals surface area contributed by atoms with Crippen LogP contribution in [-0.4, -0.2) is 35.8 Å². The monoisotopic (exact) mass is 457 g/mol. The van der Waals surface area contributed by atoms with Crippen molar-refractivity contribution in [1.82, 2.24) is 0 Å². The molecule has 0 aliphatic carbocycles. The van der Waals surface area contributed by atoms with Crippen molar-refractivity contribution in [3.8, 4) is 22.6 Å². The number of benzene rings is 2. The number of ether oxygens (including phenoxy) is 1. The number of hydrogen-bond donors (Lipinski definition) is 1. The fourth-order valence-electron chi connectivity index (χ4n) is 2.94. The molecule has 148 valence electrons. The largest absolute Gasteiger partial charge is 0.508 e. The summed E-state index contributed by atoms with van der Waals surface area (Å²) < 4.78 is 17.9. The molecule has 0 unspecified atom stereocenters. The van der Waals surface area contributed by atoms with Gasteiger partial charge in [-0.05, 0) is 97.4 Å². The second-order valence-electron chi connectivity index (χ2n) is 6.04. The smallest absolute Gasteiger partial charge is 0.461 e. The number of thiocarbonyl (C=S) groups is 3. The molecule has 0 fully saturated rings. The van der Waals surface area contributed by atoms with E-state index in [9.17, 15) is 5.11 Å². The van der Waals surface area contributed by atoms with Gasteiger partial charge in [-0.2, -0.15) is 0 Å². The van der Waals surface area contributed by atoms with E-state index in [0.29, 0.717) is 25.5 Å². The van der Waals surface area contributed by atoms with Crippen molar-refractivity contribution >= 4 is 60.7 Å². The van der Waals surface area contributed by atoms with Crippen molar-refractivity contribution in [2.24, 2.45) is 14.0 Å². The second kappa shape index (κ2) is 11.6. The average Bonchev–Trinajstić information content (AvgIpc) is 2.70. The Hall–Kier alpha value is -2.34. The standard InChI is InChI=1S/C20H19N3O2S3Si/c1-2-25-19-8-5-16(6-9-19)20-10-7-18(24)12-17(20)4-3-11-29(21-13-26,22-14-27)23-15-28/h5-10,12,24H,2-4,11H2,1H3. The lowest BCUT2D eigenvalue weighted by molar-refractivity contribution is 0.340. The number of nitrogens with zero attached hydrogens (tertiary/aromatic N) is 3. The lowest BCUT2D eigenvalue weighted by atomic mass is 9.96. The van der Waals surface area contributed by atoms with E-state index in [0.717, 1.165) is 22.4 Å². The van der Waals surface area contributed by atoms with Crippen LogP contribution in [0.25, 0.3) is 11.1 Å². The average molecular weight is 458 g/mol. The molecule has 0 spiro atoms. The molecule has 0 heterocycles. The fourth-order valence-corrected chi connectivity index (χ4v) is 5.83. The predicted molar refractivity (Wildman–Crippen MR) is 129 cm³/mol. The third-order valence-corrected chi connectivity index (χ3v) is 7.39. The molecule has 0 atom stereocenters. The second-order valence-corrected chi connectivity index (χ2v) is 9.30. The van der Waals surface area contributed by atoms with Gasteiger partial charge in [-0.3, -0.25) is 0 Å². The topological polar surface area (TPSA) is 66.5 Å². The van der Waals surface area contributed by atoms with Gasteiger partial charge in [0, 0.05) is 6.04 Å². The quantitative estimate of drug-likeness (QED) is 0.284. The van der Waals surface area contributed by atoms with Crippen LogP contribution in [0.3, 0.4) is 0 Å². The summed E-state index contributed by atoms with van der Waals surface area (Å²) in [7, 11) is -2.93. The van der Waals surface area contributed by atoms with Gasteiger partial charge in [0.05, 0.1) is 22.1 Å². The zero-order valence-electron chi connectivity index (χ0n) is 15.8. The molecular formula is C20H19N3O2S3Si. The van der Waals surface area contributed by atoms with E-state index in [1.165, 1.54) is 0 Å². The molecule has 0 aliphatic heterocycles. The third-order valence-electron chi connectivity index (χ3n) is 4.20. The molecule has 0 aromatic heterocycles. The van der Waals surface area contributed by atoms with E-state index in [2.05, 4.69) is 29.5 Å². The lowest BCUT2D eigenvalue weighted by Crippen LogP contribution is -2.27. The van der Waals surface area contributed by atoms with E-state index in [1.54, 1.807) is 12.1 Å². The van der Waals surface area contributed by atoms with Crippen molar-refractivity contribution in [3.63, 3.8) is 0 Å². The van der Waals surface area contributed by atoms with Crippen molar-refractivity contribution in [3.05, 3.63) is 48.0 Å². The highest BCUT2D eigenvalue weighted by Crippen LogP contribution is 2.30. The molecular weight excluding hydrogens is 439 g/mol. The Labute approximate surface area is 187 Å². The number of rotatable bonds is 10. The number of hydrogen-bond acceptors (Lipinski definition) is 8. The lowest BCUT2D eigenvalue weighted by Gasteiger charge is -2.14. The summed E-state index contributed by atoms with van der Waals surface area (Å²) in [6.45, 7) is 2.57. The van der Waals surface area contributed by atoms with Crippen LogP contribution in [0.5, 0.6) is 11.5 Å². The Morgan fingerprint density at radius 1 is 0.966 bits per heavy atom. The van der Waals surface area contributed by atoms with Crippen LogP contribution >= 0.6 is 36.7 Å².